The summed E-state index contributed by atoms with van der Waals surface area (Å²) in [7, 11) is 1.51. The molecule has 0 amide bonds. The smallest absolute Gasteiger partial charge is 0.387 e. The van der Waals surface area contributed by atoms with Crippen LogP contribution in [-0.4, -0.2) is 39.4 Å². The van der Waals surface area contributed by atoms with E-state index in [0.717, 1.165) is 17.7 Å². The number of nitrogens with zero attached hydrogens (tertiary/aromatic N) is 1. The summed E-state index contributed by atoms with van der Waals surface area (Å²) in [4.78, 5) is 4.58. The number of benzene rings is 2. The number of aliphatic imine (C=N–C) groups is 1. The second kappa shape index (κ2) is 13.1. The number of halogens is 3. The van der Waals surface area contributed by atoms with E-state index in [0.29, 0.717) is 49.3 Å². The van der Waals surface area contributed by atoms with E-state index < -0.39 is 6.61 Å². The van der Waals surface area contributed by atoms with Crippen molar-refractivity contribution >= 4 is 29.9 Å². The fourth-order valence-corrected chi connectivity index (χ4v) is 3.03. The van der Waals surface area contributed by atoms with E-state index in [9.17, 15) is 8.78 Å². The molecule has 1 aliphatic rings. The van der Waals surface area contributed by atoms with Crippen LogP contribution >= 0.6 is 24.0 Å². The van der Waals surface area contributed by atoms with Gasteiger partial charge in [0.1, 0.15) is 11.5 Å². The fourth-order valence-electron chi connectivity index (χ4n) is 3.03. The largest absolute Gasteiger partial charge is 0.497 e. The van der Waals surface area contributed by atoms with Crippen LogP contribution in [0.25, 0.3) is 0 Å². The van der Waals surface area contributed by atoms with E-state index in [1.54, 1.807) is 12.1 Å². The van der Waals surface area contributed by atoms with Crippen molar-refractivity contribution in [3.8, 4) is 23.0 Å². The van der Waals surface area contributed by atoms with Crippen molar-refractivity contribution in [2.24, 2.45) is 4.99 Å². The molecule has 0 atom stereocenters. The minimum absolute atomic E-state index is 0. The Kier molecular flexibility index (Phi) is 10.6. The van der Waals surface area contributed by atoms with Gasteiger partial charge in [-0.2, -0.15) is 8.78 Å². The molecule has 0 fully saturated rings. The first kappa shape index (κ1) is 25.8. The van der Waals surface area contributed by atoms with Crippen molar-refractivity contribution in [2.45, 2.75) is 33.0 Å². The van der Waals surface area contributed by atoms with Crippen molar-refractivity contribution in [1.29, 1.82) is 0 Å². The molecule has 0 radical (unpaired) electrons. The highest BCUT2D eigenvalue weighted by Gasteiger charge is 2.13. The van der Waals surface area contributed by atoms with Crippen LogP contribution in [0.2, 0.25) is 0 Å². The average molecular weight is 563 g/mol. The summed E-state index contributed by atoms with van der Waals surface area (Å²) in [6, 6.07) is 10.4. The summed E-state index contributed by atoms with van der Waals surface area (Å²) in [5, 5.41) is 6.29. The predicted molar refractivity (Wildman–Crippen MR) is 129 cm³/mol. The lowest BCUT2D eigenvalue weighted by Crippen LogP contribution is -2.36. The Morgan fingerprint density at radius 1 is 1.09 bits per heavy atom. The highest BCUT2D eigenvalue weighted by Crippen LogP contribution is 2.30. The Hall–Kier alpha value is -2.50. The number of hydrogen-bond acceptors (Lipinski definition) is 5. The van der Waals surface area contributed by atoms with E-state index in [2.05, 4.69) is 20.4 Å². The van der Waals surface area contributed by atoms with Crippen molar-refractivity contribution in [3.05, 3.63) is 47.5 Å². The van der Waals surface area contributed by atoms with Gasteiger partial charge < -0.3 is 29.6 Å². The molecule has 1 aliphatic heterocycles. The van der Waals surface area contributed by atoms with Gasteiger partial charge in [-0.05, 0) is 42.8 Å². The second-order valence-electron chi connectivity index (χ2n) is 6.73. The number of hydrogen-bond donors (Lipinski definition) is 2. The van der Waals surface area contributed by atoms with E-state index in [1.165, 1.54) is 13.2 Å². The highest BCUT2D eigenvalue weighted by atomic mass is 127. The zero-order valence-electron chi connectivity index (χ0n) is 18.0. The maximum absolute atomic E-state index is 12.7. The number of fused-ring (bicyclic) bond motifs is 1. The first-order valence-electron chi connectivity index (χ1n) is 10.1. The van der Waals surface area contributed by atoms with E-state index >= 15 is 0 Å². The standard InChI is InChI=1S/C22H27F2N3O4.HI/c1-3-25-22(26-13-15-5-7-19-20(11-15)30-10-4-9-29-19)27-14-16-12-17(28-2)6-8-18(16)31-21(23)24;/h5-8,11-12,21H,3-4,9-10,13-14H2,1-2H3,(H2,25,26,27);1H. The third-order valence-electron chi connectivity index (χ3n) is 4.51. The van der Waals surface area contributed by atoms with Gasteiger partial charge in [0.05, 0.1) is 26.9 Å². The van der Waals surface area contributed by atoms with Crippen LogP contribution in [0.5, 0.6) is 23.0 Å². The van der Waals surface area contributed by atoms with Gasteiger partial charge in [0.2, 0.25) is 0 Å². The van der Waals surface area contributed by atoms with Gasteiger partial charge >= 0.3 is 6.61 Å². The number of rotatable bonds is 8. The summed E-state index contributed by atoms with van der Waals surface area (Å²) in [5.41, 5.74) is 1.49. The Morgan fingerprint density at radius 3 is 2.59 bits per heavy atom. The summed E-state index contributed by atoms with van der Waals surface area (Å²) < 4.78 is 46.6. The van der Waals surface area contributed by atoms with Crippen molar-refractivity contribution in [2.75, 3.05) is 26.9 Å². The normalized spacial score (nSPS) is 13.1. The van der Waals surface area contributed by atoms with Gasteiger partial charge in [-0.25, -0.2) is 4.99 Å². The predicted octanol–water partition coefficient (Wildman–Crippen LogP) is 4.33. The molecule has 2 aromatic carbocycles. The van der Waals surface area contributed by atoms with E-state index in [4.69, 9.17) is 14.2 Å². The van der Waals surface area contributed by atoms with E-state index in [1.807, 2.05) is 25.1 Å². The minimum Gasteiger partial charge on any atom is -0.497 e. The van der Waals surface area contributed by atoms with Crippen molar-refractivity contribution in [3.63, 3.8) is 0 Å². The number of methoxy groups -OCH3 is 1. The molecule has 0 spiro atoms. The Labute approximate surface area is 203 Å². The molecular weight excluding hydrogens is 535 g/mol. The van der Waals surface area contributed by atoms with Crippen LogP contribution in [0.3, 0.4) is 0 Å². The number of alkyl halides is 2. The van der Waals surface area contributed by atoms with Crippen LogP contribution in [0, 0.1) is 0 Å². The van der Waals surface area contributed by atoms with Crippen molar-refractivity contribution < 1.29 is 27.7 Å². The van der Waals surface area contributed by atoms with Crippen LogP contribution in [0.4, 0.5) is 8.78 Å². The molecule has 0 unspecified atom stereocenters. The molecule has 7 nitrogen and oxygen atoms in total. The molecule has 3 rings (SSSR count). The van der Waals surface area contributed by atoms with Gasteiger partial charge in [-0.3, -0.25) is 0 Å². The molecule has 0 saturated heterocycles. The third-order valence-corrected chi connectivity index (χ3v) is 4.51. The summed E-state index contributed by atoms with van der Waals surface area (Å²) in [6.07, 6.45) is 0.845. The van der Waals surface area contributed by atoms with Gasteiger partial charge in [-0.15, -0.1) is 24.0 Å². The first-order chi connectivity index (χ1) is 15.1. The van der Waals surface area contributed by atoms with E-state index in [-0.39, 0.29) is 36.3 Å². The lowest BCUT2D eigenvalue weighted by molar-refractivity contribution is -0.0505. The molecule has 1 heterocycles. The summed E-state index contributed by atoms with van der Waals surface area (Å²) in [5.74, 6) is 2.63. The lowest BCUT2D eigenvalue weighted by atomic mass is 10.2. The fraction of sp³-hybridized carbons (Fsp3) is 0.409. The summed E-state index contributed by atoms with van der Waals surface area (Å²) >= 11 is 0. The quantitative estimate of drug-likeness (QED) is 0.283. The molecular formula is C22H28F2IN3O4. The van der Waals surface area contributed by atoms with Gasteiger partial charge in [0, 0.05) is 25.1 Å². The Bertz CT molecular complexity index is 899. The molecule has 0 aromatic heterocycles. The molecule has 176 valence electrons. The zero-order chi connectivity index (χ0) is 22.1. The minimum atomic E-state index is -2.91. The maximum atomic E-state index is 12.7. The lowest BCUT2D eigenvalue weighted by Gasteiger charge is -2.15. The SMILES string of the molecule is CCNC(=NCc1ccc2c(c1)OCCCO2)NCc1cc(OC)ccc1OC(F)F.I. The zero-order valence-corrected chi connectivity index (χ0v) is 20.4. The molecule has 32 heavy (non-hydrogen) atoms. The van der Waals surface area contributed by atoms with Gasteiger partial charge in [0.25, 0.3) is 0 Å². The third kappa shape index (κ3) is 7.57. The Morgan fingerprint density at radius 2 is 1.88 bits per heavy atom. The van der Waals surface area contributed by atoms with Crippen LogP contribution in [0.1, 0.15) is 24.5 Å². The van der Waals surface area contributed by atoms with Crippen LogP contribution in [-0.2, 0) is 13.1 Å². The topological polar surface area (TPSA) is 73.3 Å². The molecule has 0 aliphatic carbocycles. The van der Waals surface area contributed by atoms with Crippen molar-refractivity contribution in [1.82, 2.24) is 10.6 Å². The number of guanidine groups is 1. The number of ether oxygens (including phenoxy) is 4. The van der Waals surface area contributed by atoms with Crippen LogP contribution < -0.4 is 29.6 Å². The molecule has 0 bridgehead atoms. The van der Waals surface area contributed by atoms with Gasteiger partial charge in [0.15, 0.2) is 17.5 Å². The van der Waals surface area contributed by atoms with Gasteiger partial charge in [-0.1, -0.05) is 6.07 Å². The number of nitrogens with one attached hydrogen (secondary N) is 2. The summed E-state index contributed by atoms with van der Waals surface area (Å²) in [6.45, 7) is 1.58. The Balaban J connectivity index is 0.00000363. The molecule has 2 N–H and O–H groups in total. The molecule has 2 aromatic rings. The first-order valence-corrected chi connectivity index (χ1v) is 10.1. The molecule has 10 heteroatoms. The highest BCUT2D eigenvalue weighted by molar-refractivity contribution is 14.0. The van der Waals surface area contributed by atoms with Crippen LogP contribution in [0.15, 0.2) is 41.4 Å². The monoisotopic (exact) mass is 563 g/mol. The maximum Gasteiger partial charge on any atom is 0.387 e. The molecule has 0 saturated carbocycles. The second-order valence-corrected chi connectivity index (χ2v) is 6.73. The average Bonchev–Trinajstić information content (AvgIpc) is 3.01.